The van der Waals surface area contributed by atoms with Gasteiger partial charge in [-0.1, -0.05) is 125 Å². The van der Waals surface area contributed by atoms with Crippen molar-refractivity contribution in [1.82, 2.24) is 25.0 Å². The Balaban J connectivity index is 0.922. The molecule has 2 aliphatic heterocycles. The van der Waals surface area contributed by atoms with Gasteiger partial charge in [0.15, 0.2) is 23.2 Å². The maximum atomic E-state index is 15.8. The van der Waals surface area contributed by atoms with Crippen molar-refractivity contribution in [3.05, 3.63) is 203 Å². The zero-order chi connectivity index (χ0) is 61.9. The van der Waals surface area contributed by atoms with Crippen molar-refractivity contribution in [2.24, 2.45) is 0 Å². The smallest absolute Gasteiger partial charge is 0.411 e. The summed E-state index contributed by atoms with van der Waals surface area (Å²) in [6, 6.07) is 46.0. The number of carbonyl (C=O) groups is 3. The second-order valence-corrected chi connectivity index (χ2v) is 27.0. The van der Waals surface area contributed by atoms with Gasteiger partial charge in [0.2, 0.25) is 0 Å². The van der Waals surface area contributed by atoms with Crippen molar-refractivity contribution >= 4 is 41.3 Å². The van der Waals surface area contributed by atoms with Crippen LogP contribution in [0.5, 0.6) is 0 Å². The first-order chi connectivity index (χ1) is 41.9. The van der Waals surface area contributed by atoms with Gasteiger partial charge in [0.1, 0.15) is 29.4 Å². The molecule has 2 aromatic heterocycles. The zero-order valence-corrected chi connectivity index (χ0v) is 51.2. The summed E-state index contributed by atoms with van der Waals surface area (Å²) in [6.45, 7) is 18.8. The van der Waals surface area contributed by atoms with E-state index >= 15 is 4.79 Å². The number of benzene rings is 6. The van der Waals surface area contributed by atoms with Crippen LogP contribution < -0.4 is 10.6 Å². The van der Waals surface area contributed by atoms with Crippen molar-refractivity contribution in [3.63, 3.8) is 0 Å². The van der Waals surface area contributed by atoms with Gasteiger partial charge in [0.25, 0.3) is 0 Å². The number of anilines is 4. The normalized spacial score (nSPS) is 18.5. The highest BCUT2D eigenvalue weighted by Crippen LogP contribution is 2.55. The number of amides is 3. The molecule has 15 nitrogen and oxygen atoms in total. The lowest BCUT2D eigenvalue weighted by Crippen LogP contribution is -2.60. The second-order valence-electron chi connectivity index (χ2n) is 27.0. The zero-order valence-electron chi connectivity index (χ0n) is 51.2. The molecule has 88 heavy (non-hydrogen) atoms. The van der Waals surface area contributed by atoms with Crippen molar-refractivity contribution in [2.75, 3.05) is 23.7 Å². The predicted octanol–water partition coefficient (Wildman–Crippen LogP) is 16.1. The summed E-state index contributed by atoms with van der Waals surface area (Å²) in [5.41, 5.74) is 6.24. The summed E-state index contributed by atoms with van der Waals surface area (Å²) >= 11 is 0. The number of hydrogen-bond acceptors (Lipinski definition) is 12. The predicted molar refractivity (Wildman–Crippen MR) is 332 cm³/mol. The van der Waals surface area contributed by atoms with Gasteiger partial charge in [-0.15, -0.1) is 0 Å². The monoisotopic (exact) mass is 1190 g/mol. The molecule has 0 radical (unpaired) electrons. The Hall–Kier alpha value is -8.99. The first-order valence-corrected chi connectivity index (χ1v) is 30.3. The lowest BCUT2D eigenvalue weighted by Gasteiger charge is -2.42. The van der Waals surface area contributed by atoms with Gasteiger partial charge < -0.3 is 33.9 Å². The van der Waals surface area contributed by atoms with E-state index in [1.807, 2.05) is 79.1 Å². The van der Waals surface area contributed by atoms with Crippen molar-refractivity contribution in [1.29, 1.82) is 0 Å². The van der Waals surface area contributed by atoms with E-state index in [0.29, 0.717) is 45.7 Å². The Kier molecular flexibility index (Phi) is 15.5. The van der Waals surface area contributed by atoms with Crippen molar-refractivity contribution in [3.8, 4) is 22.6 Å². The highest BCUT2D eigenvalue weighted by atomic mass is 19.1. The lowest BCUT2D eigenvalue weighted by molar-refractivity contribution is -0.0345. The molecule has 2 aliphatic carbocycles. The van der Waals surface area contributed by atoms with E-state index in [-0.39, 0.29) is 48.4 Å². The number of nitrogens with zero attached hydrogens (tertiary/aromatic N) is 5. The van der Waals surface area contributed by atoms with E-state index in [0.717, 1.165) is 59.1 Å². The van der Waals surface area contributed by atoms with Crippen LogP contribution in [0.25, 0.3) is 22.6 Å². The van der Waals surface area contributed by atoms with Crippen LogP contribution in [0.2, 0.25) is 0 Å². The first kappa shape index (κ1) is 59.3. The first-order valence-electron chi connectivity index (χ1n) is 30.3. The van der Waals surface area contributed by atoms with E-state index in [1.165, 1.54) is 24.3 Å². The van der Waals surface area contributed by atoms with Crippen LogP contribution >= 0.6 is 0 Å². The molecule has 456 valence electrons. The Labute approximate surface area is 512 Å². The molecule has 4 atom stereocenters. The Morgan fingerprint density at radius 2 is 0.955 bits per heavy atom. The van der Waals surface area contributed by atoms with Crippen LogP contribution in [0.1, 0.15) is 121 Å². The minimum Gasteiger partial charge on any atom is -0.444 e. The van der Waals surface area contributed by atoms with Crippen LogP contribution in [0.4, 0.5) is 46.2 Å². The van der Waals surface area contributed by atoms with Gasteiger partial charge in [-0.05, 0) is 176 Å². The van der Waals surface area contributed by atoms with Crippen LogP contribution in [0.15, 0.2) is 167 Å². The summed E-state index contributed by atoms with van der Waals surface area (Å²) in [5, 5.41) is 15.1. The Bertz CT molecular complexity index is 3600. The summed E-state index contributed by atoms with van der Waals surface area (Å²) in [4.78, 5) is 51.0. The van der Waals surface area contributed by atoms with E-state index in [2.05, 4.69) is 111 Å². The number of nitrogens with one attached hydrogen (secondary N) is 2. The number of carbonyl (C=O) groups excluding carboxylic acids is 3. The summed E-state index contributed by atoms with van der Waals surface area (Å²) in [7, 11) is 0. The van der Waals surface area contributed by atoms with Crippen LogP contribution in [-0.2, 0) is 49.0 Å². The van der Waals surface area contributed by atoms with Crippen LogP contribution in [0, 0.1) is 11.6 Å². The van der Waals surface area contributed by atoms with Gasteiger partial charge in [-0.25, -0.2) is 23.2 Å². The van der Waals surface area contributed by atoms with Gasteiger partial charge >= 0.3 is 18.3 Å². The number of rotatable bonds is 18. The largest absolute Gasteiger partial charge is 0.444 e. The molecule has 2 saturated heterocycles. The fourth-order valence-corrected chi connectivity index (χ4v) is 12.3. The average molecular weight is 1190 g/mol. The van der Waals surface area contributed by atoms with Gasteiger partial charge in [0, 0.05) is 34.6 Å². The van der Waals surface area contributed by atoms with Gasteiger partial charge in [-0.2, -0.15) is 0 Å². The molecule has 3 amide bonds. The molecule has 8 aromatic rings. The maximum absolute atomic E-state index is 15.8. The molecule has 4 aliphatic rings. The molecule has 2 N–H and O–H groups in total. The lowest BCUT2D eigenvalue weighted by atomic mass is 9.85. The molecule has 6 aromatic carbocycles. The van der Waals surface area contributed by atoms with E-state index < -0.39 is 59.3 Å². The van der Waals surface area contributed by atoms with E-state index in [4.69, 9.17) is 23.3 Å². The molecular weight excluding hydrogens is 1120 g/mol. The van der Waals surface area contributed by atoms with Crippen LogP contribution in [-0.4, -0.2) is 86.3 Å². The summed E-state index contributed by atoms with van der Waals surface area (Å²) < 4.78 is 58.6. The second kappa shape index (κ2) is 22.9. The molecule has 2 unspecified atom stereocenters. The quantitative estimate of drug-likeness (QED) is 0.0783. The third kappa shape index (κ3) is 12.6. The molecule has 0 spiro atoms. The fraction of sp³-hybridized carbons (Fsp3) is 0.366. The van der Waals surface area contributed by atoms with Gasteiger partial charge in [-0.3, -0.25) is 14.7 Å². The molecule has 12 rings (SSSR count). The number of cyclic esters (lactones) is 2. The standard InChI is InChI=1S/C71H75F2N7O8/c1-67(2,3)48-12-10-14-50(38-48)70(32-33-70)78-42-60(84-64(78)81)56(36-44-16-28-54(29-17-44)74-62-40-58(87-76-62)46-20-24-52(72)25-21-46)80(66(83)86-69(7,8)9)57(61-43-79(65(82)85-61)71(34-35-71)51-15-11-13-49(39-51)68(4,5)6)37-45-18-30-55(31-19-45)75-63-41-59(88-77-63)47-22-26-53(73)27-23-47/h10-31,38-41,56-57,60-61H,32-37,42-43H2,1-9H3,(H,74,76)(H,75,77)/t56-,57-,60?,61?/m0/s1. The molecular formula is C71H75F2N7O8. The minimum atomic E-state index is -0.983. The summed E-state index contributed by atoms with van der Waals surface area (Å²) in [6.07, 6.45) is -0.0498. The molecule has 0 bridgehead atoms. The van der Waals surface area contributed by atoms with Gasteiger partial charge in [0.05, 0.1) is 36.3 Å². The molecule has 4 fully saturated rings. The van der Waals surface area contributed by atoms with E-state index in [1.54, 1.807) is 41.3 Å². The number of ether oxygens (including phenoxy) is 3. The fourth-order valence-electron chi connectivity index (χ4n) is 12.3. The highest BCUT2D eigenvalue weighted by molar-refractivity contribution is 5.75. The third-order valence-corrected chi connectivity index (χ3v) is 17.5. The highest BCUT2D eigenvalue weighted by Gasteiger charge is 2.60. The Morgan fingerprint density at radius 3 is 1.31 bits per heavy atom. The summed E-state index contributed by atoms with van der Waals surface area (Å²) in [5.74, 6) is 1.09. The number of halogens is 2. The third-order valence-electron chi connectivity index (χ3n) is 17.5. The van der Waals surface area contributed by atoms with Crippen molar-refractivity contribution < 1.29 is 46.4 Å². The van der Waals surface area contributed by atoms with Crippen LogP contribution in [0.3, 0.4) is 0 Å². The van der Waals surface area contributed by atoms with E-state index in [9.17, 15) is 18.4 Å². The minimum absolute atomic E-state index is 0.139. The average Bonchev–Trinajstić information content (AvgIpc) is 1.60. The maximum Gasteiger partial charge on any atom is 0.411 e. The number of aromatic nitrogens is 2. The molecule has 4 heterocycles. The SMILES string of the molecule is CC(C)(C)OC(=O)N([C@@H](Cc1ccc(Nc2cc(-c3ccc(F)cc3)on2)cc1)C1CN(C2(c3cccc(C(C)(C)C)c3)CC2)C(=O)O1)[C@@H](Cc1ccc(Nc2cc(-c3ccc(F)cc3)on2)cc1)C1CN(C2(c3cccc(C(C)(C)C)c3)CC2)C(=O)O1. The topological polar surface area (TPSA) is 165 Å². The number of hydrogen-bond donors (Lipinski definition) is 2. The molecule has 17 heteroatoms. The van der Waals surface area contributed by atoms with Crippen molar-refractivity contribution in [2.45, 2.75) is 153 Å². The Morgan fingerprint density at radius 1 is 0.568 bits per heavy atom. The molecule has 2 saturated carbocycles.